The second-order valence-electron chi connectivity index (χ2n) is 5.28. The quantitative estimate of drug-likeness (QED) is 0.820. The summed E-state index contributed by atoms with van der Waals surface area (Å²) in [5.41, 5.74) is 2.61. The maximum Gasteiger partial charge on any atom is 0.0938 e. The Bertz CT molecular complexity index is 509. The van der Waals surface area contributed by atoms with Gasteiger partial charge in [-0.3, -0.25) is 0 Å². The molecule has 2 heterocycles. The maximum absolute atomic E-state index is 2.31. The molecule has 4 nitrogen and oxygen atoms in total. The Morgan fingerprint density at radius 1 is 0.947 bits per heavy atom. The molecule has 1 aromatic rings. The minimum atomic E-state index is 0.926. The monoisotopic (exact) mass is 256 g/mol. The first kappa shape index (κ1) is 12.0. The van der Waals surface area contributed by atoms with Crippen molar-refractivity contribution in [2.24, 2.45) is 0 Å². The summed E-state index contributed by atoms with van der Waals surface area (Å²) >= 11 is 0. The molecule has 0 saturated heterocycles. The number of benzene rings is 1. The fraction of sp³-hybridized carbons (Fsp3) is 0.333. The van der Waals surface area contributed by atoms with Gasteiger partial charge in [0.15, 0.2) is 0 Å². The van der Waals surface area contributed by atoms with E-state index < -0.39 is 0 Å². The zero-order valence-corrected chi connectivity index (χ0v) is 11.5. The molecular weight excluding hydrogens is 236 g/mol. The van der Waals surface area contributed by atoms with Gasteiger partial charge in [-0.25, -0.2) is 0 Å². The summed E-state index contributed by atoms with van der Waals surface area (Å²) in [5, 5.41) is 0. The summed E-state index contributed by atoms with van der Waals surface area (Å²) in [4.78, 5) is 8.92. The van der Waals surface area contributed by atoms with E-state index in [4.69, 9.17) is 0 Å². The summed E-state index contributed by atoms with van der Waals surface area (Å²) in [5.74, 6) is 0. The number of rotatable bonds is 3. The zero-order chi connectivity index (χ0) is 13.2. The largest absolute Gasteiger partial charge is 0.362 e. The molecule has 3 rings (SSSR count). The third kappa shape index (κ3) is 2.67. The van der Waals surface area contributed by atoms with Crippen LogP contribution >= 0.6 is 0 Å². The number of hydrogen-bond donors (Lipinski definition) is 0. The van der Waals surface area contributed by atoms with Crippen molar-refractivity contribution in [2.45, 2.75) is 6.54 Å². The molecular formula is C15H20N4. The molecule has 2 aliphatic heterocycles. The van der Waals surface area contributed by atoms with Gasteiger partial charge in [-0.2, -0.15) is 0 Å². The van der Waals surface area contributed by atoms with Crippen LogP contribution in [0.5, 0.6) is 0 Å². The number of anilines is 1. The molecule has 0 spiro atoms. The summed E-state index contributed by atoms with van der Waals surface area (Å²) < 4.78 is 0. The standard InChI is InChI=1S/C15H20N4/c1-16-6-8-18(12-16)11-14-4-3-5-15(10-14)19-9-7-17(2)13-19/h3-10H,11-13H2,1-2H3. The van der Waals surface area contributed by atoms with Crippen LogP contribution < -0.4 is 4.90 Å². The highest BCUT2D eigenvalue weighted by molar-refractivity contribution is 5.52. The minimum Gasteiger partial charge on any atom is -0.362 e. The van der Waals surface area contributed by atoms with Crippen molar-refractivity contribution in [2.75, 3.05) is 32.3 Å². The normalized spacial score (nSPS) is 18.0. The van der Waals surface area contributed by atoms with Gasteiger partial charge >= 0.3 is 0 Å². The third-order valence-corrected chi connectivity index (χ3v) is 3.44. The SMILES string of the molecule is CN1C=CN(Cc2cccc(N3C=CN(C)C3)c2)C1. The van der Waals surface area contributed by atoms with E-state index in [1.807, 2.05) is 0 Å². The van der Waals surface area contributed by atoms with Crippen LogP contribution in [0.3, 0.4) is 0 Å². The second kappa shape index (κ2) is 4.88. The van der Waals surface area contributed by atoms with Gasteiger partial charge in [0.25, 0.3) is 0 Å². The van der Waals surface area contributed by atoms with Gasteiger partial charge in [-0.05, 0) is 17.7 Å². The molecule has 19 heavy (non-hydrogen) atoms. The molecule has 100 valence electrons. The van der Waals surface area contributed by atoms with E-state index in [9.17, 15) is 0 Å². The molecule has 0 atom stereocenters. The smallest absolute Gasteiger partial charge is 0.0938 e. The van der Waals surface area contributed by atoms with E-state index in [0.717, 1.165) is 19.9 Å². The number of hydrogen-bond acceptors (Lipinski definition) is 4. The third-order valence-electron chi connectivity index (χ3n) is 3.44. The van der Waals surface area contributed by atoms with Crippen LogP contribution in [0, 0.1) is 0 Å². The predicted molar refractivity (Wildman–Crippen MR) is 78.0 cm³/mol. The van der Waals surface area contributed by atoms with E-state index in [2.05, 4.69) is 82.8 Å². The highest BCUT2D eigenvalue weighted by Gasteiger charge is 2.12. The fourth-order valence-corrected chi connectivity index (χ4v) is 2.46. The maximum atomic E-state index is 2.31. The van der Waals surface area contributed by atoms with Gasteiger partial charge in [-0.1, -0.05) is 12.1 Å². The lowest BCUT2D eigenvalue weighted by Gasteiger charge is -2.21. The van der Waals surface area contributed by atoms with Crippen LogP contribution in [0.2, 0.25) is 0 Å². The lowest BCUT2D eigenvalue weighted by molar-refractivity contribution is 0.291. The average Bonchev–Trinajstić information content (AvgIpc) is 2.99. The molecule has 2 aliphatic rings. The molecule has 0 N–H and O–H groups in total. The van der Waals surface area contributed by atoms with Crippen LogP contribution in [0.15, 0.2) is 49.1 Å². The summed E-state index contributed by atoms with van der Waals surface area (Å²) in [6, 6.07) is 8.77. The Morgan fingerprint density at radius 2 is 1.74 bits per heavy atom. The second-order valence-corrected chi connectivity index (χ2v) is 5.28. The molecule has 1 aromatic carbocycles. The van der Waals surface area contributed by atoms with Crippen molar-refractivity contribution in [1.29, 1.82) is 0 Å². The summed E-state index contributed by atoms with van der Waals surface area (Å²) in [7, 11) is 4.18. The first-order valence-electron chi connectivity index (χ1n) is 6.57. The fourth-order valence-electron chi connectivity index (χ4n) is 2.46. The van der Waals surface area contributed by atoms with Gasteiger partial charge in [0.1, 0.15) is 0 Å². The van der Waals surface area contributed by atoms with E-state index in [1.165, 1.54) is 11.3 Å². The molecule has 0 unspecified atom stereocenters. The van der Waals surface area contributed by atoms with Crippen molar-refractivity contribution < 1.29 is 0 Å². The van der Waals surface area contributed by atoms with Crippen molar-refractivity contribution in [3.8, 4) is 0 Å². The molecule has 4 heteroatoms. The molecule has 0 saturated carbocycles. The van der Waals surface area contributed by atoms with Crippen LogP contribution in [-0.2, 0) is 6.54 Å². The van der Waals surface area contributed by atoms with Crippen molar-refractivity contribution in [3.05, 3.63) is 54.6 Å². The van der Waals surface area contributed by atoms with Crippen LogP contribution in [0.1, 0.15) is 5.56 Å². The van der Waals surface area contributed by atoms with E-state index in [0.29, 0.717) is 0 Å². The Hall–Kier alpha value is -2.10. The van der Waals surface area contributed by atoms with Gasteiger partial charge in [-0.15, -0.1) is 0 Å². The van der Waals surface area contributed by atoms with Gasteiger partial charge in [0.2, 0.25) is 0 Å². The Kier molecular flexibility index (Phi) is 3.07. The Morgan fingerprint density at radius 3 is 2.42 bits per heavy atom. The molecule has 0 amide bonds. The van der Waals surface area contributed by atoms with Gasteiger partial charge < -0.3 is 19.6 Å². The van der Waals surface area contributed by atoms with E-state index in [1.54, 1.807) is 0 Å². The first-order valence-corrected chi connectivity index (χ1v) is 6.57. The van der Waals surface area contributed by atoms with Crippen molar-refractivity contribution in [3.63, 3.8) is 0 Å². The van der Waals surface area contributed by atoms with Crippen molar-refractivity contribution >= 4 is 5.69 Å². The highest BCUT2D eigenvalue weighted by atomic mass is 15.3. The van der Waals surface area contributed by atoms with E-state index in [-0.39, 0.29) is 0 Å². The van der Waals surface area contributed by atoms with Gasteiger partial charge in [0, 0.05) is 51.1 Å². The lowest BCUT2D eigenvalue weighted by atomic mass is 10.2. The first-order chi connectivity index (χ1) is 9.20. The molecule has 0 aliphatic carbocycles. The minimum absolute atomic E-state index is 0.926. The lowest BCUT2D eigenvalue weighted by Crippen LogP contribution is -2.23. The van der Waals surface area contributed by atoms with Crippen LogP contribution in [0.25, 0.3) is 0 Å². The number of nitrogens with zero attached hydrogens (tertiary/aromatic N) is 4. The molecule has 0 radical (unpaired) electrons. The van der Waals surface area contributed by atoms with Crippen molar-refractivity contribution in [1.82, 2.24) is 14.7 Å². The topological polar surface area (TPSA) is 13.0 Å². The Balaban J connectivity index is 1.70. The molecule has 0 fully saturated rings. The van der Waals surface area contributed by atoms with E-state index >= 15 is 0 Å². The summed E-state index contributed by atoms with van der Waals surface area (Å²) in [6.07, 6.45) is 8.49. The zero-order valence-electron chi connectivity index (χ0n) is 11.5. The predicted octanol–water partition coefficient (Wildman–Crippen LogP) is 2.04. The van der Waals surface area contributed by atoms with Crippen LogP contribution in [0.4, 0.5) is 5.69 Å². The van der Waals surface area contributed by atoms with Crippen LogP contribution in [-0.4, -0.2) is 42.1 Å². The average molecular weight is 256 g/mol. The Labute approximate surface area is 114 Å². The molecule has 0 aromatic heterocycles. The summed E-state index contributed by atoms with van der Waals surface area (Å²) in [6.45, 7) is 2.86. The van der Waals surface area contributed by atoms with Gasteiger partial charge in [0.05, 0.1) is 13.3 Å². The molecule has 0 bridgehead atoms. The highest BCUT2D eigenvalue weighted by Crippen LogP contribution is 2.21.